The lowest BCUT2D eigenvalue weighted by atomic mass is 10.0. The van der Waals surface area contributed by atoms with Gasteiger partial charge in [-0.05, 0) is 42.5 Å². The van der Waals surface area contributed by atoms with Gasteiger partial charge in [-0.15, -0.1) is 0 Å². The summed E-state index contributed by atoms with van der Waals surface area (Å²) in [6.07, 6.45) is 0. The summed E-state index contributed by atoms with van der Waals surface area (Å²) in [5, 5.41) is 0. The molecule has 0 aliphatic carbocycles. The van der Waals surface area contributed by atoms with Crippen molar-refractivity contribution in [2.24, 2.45) is 0 Å². The van der Waals surface area contributed by atoms with Crippen molar-refractivity contribution in [3.63, 3.8) is 0 Å². The molecule has 0 saturated heterocycles. The average Bonchev–Trinajstić information content (AvgIpc) is 2.33. The molecule has 0 saturated carbocycles. The highest BCUT2D eigenvalue weighted by Gasteiger charge is 2.10. The van der Waals surface area contributed by atoms with Crippen LogP contribution in [0.3, 0.4) is 0 Å². The number of carbonyl (C=O) groups excluding carboxylic acids is 1. The number of nitrogens with two attached hydrogens (primary N) is 2. The highest BCUT2D eigenvalue weighted by molar-refractivity contribution is 6.09. The van der Waals surface area contributed by atoms with Gasteiger partial charge < -0.3 is 11.5 Å². The summed E-state index contributed by atoms with van der Waals surface area (Å²) in [4.78, 5) is 12.0. The topological polar surface area (TPSA) is 69.1 Å². The van der Waals surface area contributed by atoms with Gasteiger partial charge in [-0.2, -0.15) is 0 Å². The molecule has 0 unspecified atom stereocenters. The fourth-order valence-corrected chi connectivity index (χ4v) is 1.48. The van der Waals surface area contributed by atoms with Gasteiger partial charge in [0, 0.05) is 11.1 Å². The standard InChI is InChI=1S/C13H11FN2O/c14-10-4-1-8(2-5-10)13(17)9-3-6-11(15)12(16)7-9/h1-7H,15-16H2. The molecule has 2 aromatic rings. The fraction of sp³-hybridized carbons (Fsp3) is 0. The van der Waals surface area contributed by atoms with E-state index in [1.54, 1.807) is 12.1 Å². The van der Waals surface area contributed by atoms with Crippen LogP contribution in [0.25, 0.3) is 0 Å². The van der Waals surface area contributed by atoms with Gasteiger partial charge in [0.25, 0.3) is 0 Å². The minimum absolute atomic E-state index is 0.211. The molecule has 2 rings (SSSR count). The van der Waals surface area contributed by atoms with Crippen LogP contribution in [0.15, 0.2) is 42.5 Å². The van der Waals surface area contributed by atoms with E-state index in [2.05, 4.69) is 0 Å². The summed E-state index contributed by atoms with van der Waals surface area (Å²) in [7, 11) is 0. The first kappa shape index (κ1) is 11.1. The lowest BCUT2D eigenvalue weighted by Crippen LogP contribution is -2.03. The van der Waals surface area contributed by atoms with Crippen LogP contribution < -0.4 is 11.5 Å². The van der Waals surface area contributed by atoms with Gasteiger partial charge in [-0.25, -0.2) is 4.39 Å². The summed E-state index contributed by atoms with van der Waals surface area (Å²) in [6.45, 7) is 0. The third-order valence-corrected chi connectivity index (χ3v) is 2.46. The number of halogens is 1. The Labute approximate surface area is 97.9 Å². The predicted molar refractivity (Wildman–Crippen MR) is 65.1 cm³/mol. The molecular formula is C13H11FN2O. The van der Waals surface area contributed by atoms with Crippen LogP contribution in [-0.2, 0) is 0 Å². The SMILES string of the molecule is Nc1ccc(C(=O)c2ccc(F)cc2)cc1N. The molecule has 0 aliphatic rings. The molecule has 0 radical (unpaired) electrons. The Kier molecular flexibility index (Phi) is 2.78. The molecule has 2 aromatic carbocycles. The second-order valence-electron chi connectivity index (χ2n) is 3.68. The van der Waals surface area contributed by atoms with Crippen molar-refractivity contribution in [3.8, 4) is 0 Å². The Morgan fingerprint density at radius 3 is 2.06 bits per heavy atom. The number of carbonyl (C=O) groups is 1. The van der Waals surface area contributed by atoms with Crippen LogP contribution in [0.1, 0.15) is 15.9 Å². The molecule has 0 bridgehead atoms. The Morgan fingerprint density at radius 2 is 1.47 bits per heavy atom. The van der Waals surface area contributed by atoms with Crippen LogP contribution in [0.2, 0.25) is 0 Å². The van der Waals surface area contributed by atoms with E-state index < -0.39 is 0 Å². The van der Waals surface area contributed by atoms with Crippen molar-refractivity contribution in [3.05, 3.63) is 59.4 Å². The van der Waals surface area contributed by atoms with Crippen molar-refractivity contribution < 1.29 is 9.18 Å². The third kappa shape index (κ3) is 2.25. The first-order valence-corrected chi connectivity index (χ1v) is 5.03. The molecule has 0 aromatic heterocycles. The molecule has 4 heteroatoms. The molecule has 17 heavy (non-hydrogen) atoms. The van der Waals surface area contributed by atoms with Gasteiger partial charge in [-0.3, -0.25) is 4.79 Å². The Bertz CT molecular complexity index is 564. The minimum atomic E-state index is -0.377. The van der Waals surface area contributed by atoms with Crippen LogP contribution in [-0.4, -0.2) is 5.78 Å². The lowest BCUT2D eigenvalue weighted by Gasteiger charge is -2.04. The van der Waals surface area contributed by atoms with Gasteiger partial charge in [-0.1, -0.05) is 0 Å². The first-order chi connectivity index (χ1) is 8.08. The van der Waals surface area contributed by atoms with Crippen molar-refractivity contribution in [2.45, 2.75) is 0 Å². The van der Waals surface area contributed by atoms with E-state index in [0.717, 1.165) is 0 Å². The monoisotopic (exact) mass is 230 g/mol. The normalized spacial score (nSPS) is 10.2. The van der Waals surface area contributed by atoms with E-state index in [1.807, 2.05) is 0 Å². The molecule has 4 N–H and O–H groups in total. The summed E-state index contributed by atoms with van der Waals surface area (Å²) in [5.41, 5.74) is 12.8. The number of hydrogen-bond acceptors (Lipinski definition) is 3. The molecule has 0 amide bonds. The highest BCUT2D eigenvalue weighted by Crippen LogP contribution is 2.18. The molecule has 0 fully saturated rings. The minimum Gasteiger partial charge on any atom is -0.397 e. The van der Waals surface area contributed by atoms with Gasteiger partial charge in [0.15, 0.2) is 5.78 Å². The van der Waals surface area contributed by atoms with Gasteiger partial charge in [0.1, 0.15) is 5.82 Å². The molecule has 0 atom stereocenters. The Hall–Kier alpha value is -2.36. The fourth-order valence-electron chi connectivity index (χ4n) is 1.48. The second-order valence-corrected chi connectivity index (χ2v) is 3.68. The largest absolute Gasteiger partial charge is 0.397 e. The quantitative estimate of drug-likeness (QED) is 0.614. The predicted octanol–water partition coefficient (Wildman–Crippen LogP) is 2.22. The summed E-state index contributed by atoms with van der Waals surface area (Å²) >= 11 is 0. The summed E-state index contributed by atoms with van der Waals surface area (Å²) in [5.74, 6) is -0.588. The third-order valence-electron chi connectivity index (χ3n) is 2.46. The van der Waals surface area contributed by atoms with Gasteiger partial charge >= 0.3 is 0 Å². The number of nitrogen functional groups attached to an aromatic ring is 2. The Balaban J connectivity index is 2.37. The number of ketones is 1. The van der Waals surface area contributed by atoms with E-state index in [0.29, 0.717) is 22.5 Å². The highest BCUT2D eigenvalue weighted by atomic mass is 19.1. The lowest BCUT2D eigenvalue weighted by molar-refractivity contribution is 0.103. The average molecular weight is 230 g/mol. The zero-order valence-corrected chi connectivity index (χ0v) is 8.98. The second kappa shape index (κ2) is 4.25. The zero-order valence-electron chi connectivity index (χ0n) is 8.98. The summed E-state index contributed by atoms with van der Waals surface area (Å²) < 4.78 is 12.7. The molecule has 3 nitrogen and oxygen atoms in total. The van der Waals surface area contributed by atoms with E-state index >= 15 is 0 Å². The smallest absolute Gasteiger partial charge is 0.193 e. The molecule has 0 spiro atoms. The van der Waals surface area contributed by atoms with Crippen molar-refractivity contribution >= 4 is 17.2 Å². The maximum absolute atomic E-state index is 12.7. The maximum atomic E-state index is 12.7. The number of rotatable bonds is 2. The zero-order chi connectivity index (χ0) is 12.4. The van der Waals surface area contributed by atoms with Crippen molar-refractivity contribution in [1.82, 2.24) is 0 Å². The van der Waals surface area contributed by atoms with Crippen LogP contribution in [0.5, 0.6) is 0 Å². The molecule has 0 aliphatic heterocycles. The van der Waals surface area contributed by atoms with E-state index in [-0.39, 0.29) is 11.6 Å². The van der Waals surface area contributed by atoms with Gasteiger partial charge in [0.05, 0.1) is 11.4 Å². The van der Waals surface area contributed by atoms with Gasteiger partial charge in [0.2, 0.25) is 0 Å². The van der Waals surface area contributed by atoms with Crippen molar-refractivity contribution in [1.29, 1.82) is 0 Å². The first-order valence-electron chi connectivity index (χ1n) is 5.03. The molecule has 86 valence electrons. The van der Waals surface area contributed by atoms with E-state index in [4.69, 9.17) is 11.5 Å². The van der Waals surface area contributed by atoms with Crippen LogP contribution >= 0.6 is 0 Å². The summed E-state index contributed by atoms with van der Waals surface area (Å²) in [6, 6.07) is 10.0. The maximum Gasteiger partial charge on any atom is 0.193 e. The number of benzene rings is 2. The molecular weight excluding hydrogens is 219 g/mol. The number of hydrogen-bond donors (Lipinski definition) is 2. The molecule has 0 heterocycles. The Morgan fingerprint density at radius 1 is 0.882 bits per heavy atom. The van der Waals surface area contributed by atoms with Crippen LogP contribution in [0, 0.1) is 5.82 Å². The van der Waals surface area contributed by atoms with Crippen molar-refractivity contribution in [2.75, 3.05) is 11.5 Å². The van der Waals surface area contributed by atoms with E-state index in [9.17, 15) is 9.18 Å². The van der Waals surface area contributed by atoms with Crippen LogP contribution in [0.4, 0.5) is 15.8 Å². The van der Waals surface area contributed by atoms with E-state index in [1.165, 1.54) is 30.3 Å². The number of anilines is 2.